The zero-order chi connectivity index (χ0) is 11.5. The Labute approximate surface area is 107 Å². The molecule has 16 heavy (non-hydrogen) atoms. The van der Waals surface area contributed by atoms with E-state index >= 15 is 0 Å². The SMILES string of the molecule is Cc1ccc(Br)c(CN2CCC(C)CC2)c1. The van der Waals surface area contributed by atoms with Gasteiger partial charge in [0.1, 0.15) is 0 Å². The van der Waals surface area contributed by atoms with E-state index in [1.807, 2.05) is 0 Å². The molecule has 0 aliphatic carbocycles. The highest BCUT2D eigenvalue weighted by atomic mass is 79.9. The van der Waals surface area contributed by atoms with Crippen LogP contribution in [0.1, 0.15) is 30.9 Å². The molecule has 1 fully saturated rings. The minimum absolute atomic E-state index is 0.914. The van der Waals surface area contributed by atoms with Crippen LogP contribution in [0.2, 0.25) is 0 Å². The molecule has 0 amide bonds. The van der Waals surface area contributed by atoms with Crippen molar-refractivity contribution in [2.75, 3.05) is 13.1 Å². The predicted molar refractivity (Wildman–Crippen MR) is 72.6 cm³/mol. The summed E-state index contributed by atoms with van der Waals surface area (Å²) in [7, 11) is 0. The van der Waals surface area contributed by atoms with Gasteiger partial charge in [0, 0.05) is 11.0 Å². The first-order valence-electron chi connectivity index (χ1n) is 6.12. The summed E-state index contributed by atoms with van der Waals surface area (Å²) in [5.74, 6) is 0.914. The molecule has 1 heterocycles. The van der Waals surface area contributed by atoms with Crippen LogP contribution in [-0.4, -0.2) is 18.0 Å². The van der Waals surface area contributed by atoms with Crippen molar-refractivity contribution in [3.05, 3.63) is 33.8 Å². The number of likely N-dealkylation sites (tertiary alicyclic amines) is 1. The van der Waals surface area contributed by atoms with E-state index in [0.29, 0.717) is 0 Å². The molecule has 1 aromatic carbocycles. The van der Waals surface area contributed by atoms with Gasteiger partial charge in [-0.2, -0.15) is 0 Å². The zero-order valence-electron chi connectivity index (χ0n) is 10.2. The Balaban J connectivity index is 2.00. The number of aryl methyl sites for hydroxylation is 1. The molecule has 0 unspecified atom stereocenters. The molecule has 1 aliphatic rings. The molecule has 0 bridgehead atoms. The first-order valence-corrected chi connectivity index (χ1v) is 6.92. The molecule has 0 atom stereocenters. The highest BCUT2D eigenvalue weighted by Gasteiger charge is 2.16. The van der Waals surface area contributed by atoms with Crippen molar-refractivity contribution in [3.8, 4) is 0 Å². The summed E-state index contributed by atoms with van der Waals surface area (Å²) in [6.45, 7) is 8.12. The van der Waals surface area contributed by atoms with E-state index in [4.69, 9.17) is 0 Å². The third kappa shape index (κ3) is 3.08. The lowest BCUT2D eigenvalue weighted by Gasteiger charge is -2.30. The van der Waals surface area contributed by atoms with Gasteiger partial charge in [0.15, 0.2) is 0 Å². The quantitative estimate of drug-likeness (QED) is 0.792. The van der Waals surface area contributed by atoms with E-state index in [1.54, 1.807) is 0 Å². The lowest BCUT2D eigenvalue weighted by molar-refractivity contribution is 0.185. The van der Waals surface area contributed by atoms with Crippen LogP contribution in [-0.2, 0) is 6.54 Å². The molecule has 1 aliphatic heterocycles. The van der Waals surface area contributed by atoms with Gasteiger partial charge in [-0.25, -0.2) is 0 Å². The van der Waals surface area contributed by atoms with Crippen LogP contribution in [0.15, 0.2) is 22.7 Å². The van der Waals surface area contributed by atoms with Crippen LogP contribution in [0.5, 0.6) is 0 Å². The van der Waals surface area contributed by atoms with Crippen LogP contribution < -0.4 is 0 Å². The second-order valence-corrected chi connectivity index (χ2v) is 5.91. The normalized spacial score (nSPS) is 18.9. The van der Waals surface area contributed by atoms with Gasteiger partial charge in [-0.3, -0.25) is 4.90 Å². The molecule has 0 N–H and O–H groups in total. The van der Waals surface area contributed by atoms with Gasteiger partial charge >= 0.3 is 0 Å². The molecule has 1 nitrogen and oxygen atoms in total. The Morgan fingerprint density at radius 1 is 1.31 bits per heavy atom. The number of piperidine rings is 1. The first-order chi connectivity index (χ1) is 7.65. The molecule has 0 saturated carbocycles. The number of hydrogen-bond donors (Lipinski definition) is 0. The van der Waals surface area contributed by atoms with E-state index in [1.165, 1.54) is 41.5 Å². The number of rotatable bonds is 2. The van der Waals surface area contributed by atoms with Crippen molar-refractivity contribution in [1.29, 1.82) is 0 Å². The fourth-order valence-electron chi connectivity index (χ4n) is 2.29. The fourth-order valence-corrected chi connectivity index (χ4v) is 2.66. The van der Waals surface area contributed by atoms with Crippen LogP contribution in [0.3, 0.4) is 0 Å². The second kappa shape index (κ2) is 5.33. The van der Waals surface area contributed by atoms with E-state index in [-0.39, 0.29) is 0 Å². The fraction of sp³-hybridized carbons (Fsp3) is 0.571. The van der Waals surface area contributed by atoms with Gasteiger partial charge in [-0.05, 0) is 50.4 Å². The topological polar surface area (TPSA) is 3.24 Å². The van der Waals surface area contributed by atoms with E-state index in [2.05, 4.69) is 52.9 Å². The summed E-state index contributed by atoms with van der Waals surface area (Å²) in [5, 5.41) is 0. The molecule has 1 saturated heterocycles. The Morgan fingerprint density at radius 2 is 2.00 bits per heavy atom. The first kappa shape index (κ1) is 12.1. The van der Waals surface area contributed by atoms with E-state index in [0.717, 1.165) is 12.5 Å². The number of halogens is 1. The second-order valence-electron chi connectivity index (χ2n) is 5.05. The summed E-state index contributed by atoms with van der Waals surface area (Å²) in [4.78, 5) is 2.57. The van der Waals surface area contributed by atoms with Crippen molar-refractivity contribution < 1.29 is 0 Å². The van der Waals surface area contributed by atoms with Crippen molar-refractivity contribution in [2.45, 2.75) is 33.2 Å². The zero-order valence-corrected chi connectivity index (χ0v) is 11.8. The summed E-state index contributed by atoms with van der Waals surface area (Å²) in [6.07, 6.45) is 2.70. The molecule has 2 heteroatoms. The molecule has 2 rings (SSSR count). The van der Waals surface area contributed by atoms with E-state index in [9.17, 15) is 0 Å². The van der Waals surface area contributed by atoms with Crippen LogP contribution in [0, 0.1) is 12.8 Å². The van der Waals surface area contributed by atoms with Crippen LogP contribution in [0.4, 0.5) is 0 Å². The maximum atomic E-state index is 3.64. The highest BCUT2D eigenvalue weighted by Crippen LogP contribution is 2.23. The number of hydrogen-bond acceptors (Lipinski definition) is 1. The average molecular weight is 282 g/mol. The smallest absolute Gasteiger partial charge is 0.0245 e. The van der Waals surface area contributed by atoms with Gasteiger partial charge < -0.3 is 0 Å². The Morgan fingerprint density at radius 3 is 2.69 bits per heavy atom. The van der Waals surface area contributed by atoms with Crippen molar-refractivity contribution >= 4 is 15.9 Å². The molecular weight excluding hydrogens is 262 g/mol. The maximum absolute atomic E-state index is 3.64. The van der Waals surface area contributed by atoms with Crippen LogP contribution >= 0.6 is 15.9 Å². The van der Waals surface area contributed by atoms with Gasteiger partial charge in [-0.1, -0.05) is 40.5 Å². The number of nitrogens with zero attached hydrogens (tertiary/aromatic N) is 1. The van der Waals surface area contributed by atoms with Crippen molar-refractivity contribution in [2.24, 2.45) is 5.92 Å². The molecule has 1 aromatic rings. The molecular formula is C14H20BrN. The lowest BCUT2D eigenvalue weighted by atomic mass is 9.99. The van der Waals surface area contributed by atoms with Gasteiger partial charge in [0.05, 0.1) is 0 Å². The number of benzene rings is 1. The largest absolute Gasteiger partial charge is 0.299 e. The highest BCUT2D eigenvalue weighted by molar-refractivity contribution is 9.10. The Kier molecular flexibility index (Phi) is 4.04. The Hall–Kier alpha value is -0.340. The maximum Gasteiger partial charge on any atom is 0.0245 e. The van der Waals surface area contributed by atoms with E-state index < -0.39 is 0 Å². The predicted octanol–water partition coefficient (Wildman–Crippen LogP) is 3.99. The molecule has 88 valence electrons. The molecule has 0 spiro atoms. The minimum Gasteiger partial charge on any atom is -0.299 e. The van der Waals surface area contributed by atoms with Crippen molar-refractivity contribution in [1.82, 2.24) is 4.90 Å². The standard InChI is InChI=1S/C14H20BrN/c1-11-5-7-16(8-6-11)10-13-9-12(2)3-4-14(13)15/h3-4,9,11H,5-8,10H2,1-2H3. The Bertz CT molecular complexity index is 354. The summed E-state index contributed by atoms with van der Waals surface area (Å²) < 4.78 is 1.25. The van der Waals surface area contributed by atoms with Gasteiger partial charge in [0.2, 0.25) is 0 Å². The summed E-state index contributed by atoms with van der Waals surface area (Å²) in [6, 6.07) is 6.62. The summed E-state index contributed by atoms with van der Waals surface area (Å²) >= 11 is 3.64. The summed E-state index contributed by atoms with van der Waals surface area (Å²) in [5.41, 5.74) is 2.78. The lowest BCUT2D eigenvalue weighted by Crippen LogP contribution is -2.32. The molecule has 0 radical (unpaired) electrons. The average Bonchev–Trinajstić information content (AvgIpc) is 2.27. The monoisotopic (exact) mass is 281 g/mol. The van der Waals surface area contributed by atoms with Crippen molar-refractivity contribution in [3.63, 3.8) is 0 Å². The third-order valence-electron chi connectivity index (χ3n) is 3.47. The van der Waals surface area contributed by atoms with Crippen LogP contribution in [0.25, 0.3) is 0 Å². The van der Waals surface area contributed by atoms with Gasteiger partial charge in [0.25, 0.3) is 0 Å². The third-order valence-corrected chi connectivity index (χ3v) is 4.25. The minimum atomic E-state index is 0.914. The van der Waals surface area contributed by atoms with Gasteiger partial charge in [-0.15, -0.1) is 0 Å². The molecule has 0 aromatic heterocycles.